The largest absolute Gasteiger partial charge is 0.489 e. The lowest BCUT2D eigenvalue weighted by atomic mass is 9.93. The van der Waals surface area contributed by atoms with Crippen molar-refractivity contribution in [3.05, 3.63) is 92.5 Å². The van der Waals surface area contributed by atoms with Crippen LogP contribution in [0.1, 0.15) is 68.2 Å². The lowest BCUT2D eigenvalue weighted by Crippen LogP contribution is -2.36. The number of carbonyl (C=O) groups is 1. The molecule has 3 heteroatoms. The smallest absolute Gasteiger partial charge is 0.258 e. The molecule has 0 saturated heterocycles. The van der Waals surface area contributed by atoms with Crippen LogP contribution < -0.4 is 9.64 Å². The minimum absolute atomic E-state index is 0.129. The summed E-state index contributed by atoms with van der Waals surface area (Å²) in [5, 5.41) is 0. The number of carbonyl (C=O) groups excluding carboxylic acids is 1. The fourth-order valence-corrected chi connectivity index (χ4v) is 5.57. The highest BCUT2D eigenvalue weighted by atomic mass is 16.5. The fourth-order valence-electron chi connectivity index (χ4n) is 5.57. The molecular weight excluding hydrogens is 406 g/mol. The van der Waals surface area contributed by atoms with E-state index >= 15 is 0 Å². The average molecular weight is 440 g/mol. The minimum Gasteiger partial charge on any atom is -0.489 e. The molecule has 1 amide bonds. The van der Waals surface area contributed by atoms with Crippen LogP contribution in [0, 0.1) is 27.7 Å². The molecule has 0 bridgehead atoms. The van der Waals surface area contributed by atoms with Gasteiger partial charge in [-0.25, -0.2) is 0 Å². The Bertz CT molecular complexity index is 1260. The Morgan fingerprint density at radius 2 is 1.70 bits per heavy atom. The molecule has 0 radical (unpaired) electrons. The van der Waals surface area contributed by atoms with Crippen LogP contribution in [-0.4, -0.2) is 11.9 Å². The van der Waals surface area contributed by atoms with E-state index in [0.717, 1.165) is 53.8 Å². The second kappa shape index (κ2) is 8.37. The zero-order valence-electron chi connectivity index (χ0n) is 20.4. The molecule has 3 nitrogen and oxygen atoms in total. The van der Waals surface area contributed by atoms with Gasteiger partial charge >= 0.3 is 0 Å². The number of anilines is 1. The maximum Gasteiger partial charge on any atom is 0.258 e. The van der Waals surface area contributed by atoms with Crippen molar-refractivity contribution in [3.8, 4) is 5.75 Å². The number of fused-ring (bicyclic) bond motifs is 4. The summed E-state index contributed by atoms with van der Waals surface area (Å²) in [6, 6.07) is 15.0. The molecule has 0 unspecified atom stereocenters. The molecular formula is C30H33NO2. The fraction of sp³-hybridized carbons (Fsp3) is 0.367. The standard InChI is InChI=1S/C30H33NO2/c1-6-22-14-25(21(5)19(3)20(22)4)17-33-29-16-23-11-12-26-15-24-9-7-8-10-28(24)31(26)30(32)27(23)13-18(29)2/h7-10,13-14,16,26H,6,11-12,15,17H2,1-5H3/t26-/m1/s1. The molecule has 0 fully saturated rings. The normalized spacial score (nSPS) is 16.8. The van der Waals surface area contributed by atoms with Crippen molar-refractivity contribution >= 4 is 11.6 Å². The third-order valence-corrected chi connectivity index (χ3v) is 7.87. The number of hydrogen-bond donors (Lipinski definition) is 0. The quantitative estimate of drug-likeness (QED) is 0.459. The van der Waals surface area contributed by atoms with Gasteiger partial charge in [-0.3, -0.25) is 4.79 Å². The van der Waals surface area contributed by atoms with Crippen LogP contribution >= 0.6 is 0 Å². The van der Waals surface area contributed by atoms with E-state index in [1.165, 1.54) is 33.4 Å². The van der Waals surface area contributed by atoms with E-state index in [0.29, 0.717) is 6.61 Å². The topological polar surface area (TPSA) is 29.5 Å². The van der Waals surface area contributed by atoms with Crippen molar-refractivity contribution in [1.82, 2.24) is 0 Å². The van der Waals surface area contributed by atoms with Gasteiger partial charge in [0.1, 0.15) is 12.4 Å². The van der Waals surface area contributed by atoms with Gasteiger partial charge in [-0.1, -0.05) is 31.2 Å². The third-order valence-electron chi connectivity index (χ3n) is 7.87. The molecule has 2 aliphatic rings. The summed E-state index contributed by atoms with van der Waals surface area (Å²) in [6.45, 7) is 11.4. The predicted molar refractivity (Wildman–Crippen MR) is 135 cm³/mol. The zero-order valence-corrected chi connectivity index (χ0v) is 20.4. The second-order valence-electron chi connectivity index (χ2n) is 9.69. The van der Waals surface area contributed by atoms with E-state index in [2.05, 4.69) is 58.0 Å². The maximum absolute atomic E-state index is 13.6. The summed E-state index contributed by atoms with van der Waals surface area (Å²) in [7, 11) is 0. The Morgan fingerprint density at radius 3 is 2.48 bits per heavy atom. The van der Waals surface area contributed by atoms with Gasteiger partial charge in [0.15, 0.2) is 0 Å². The van der Waals surface area contributed by atoms with Crippen molar-refractivity contribution in [2.45, 2.75) is 73.0 Å². The highest BCUT2D eigenvalue weighted by molar-refractivity contribution is 6.09. The summed E-state index contributed by atoms with van der Waals surface area (Å²) in [6.07, 6.45) is 3.85. The van der Waals surface area contributed by atoms with Crippen LogP contribution in [0.4, 0.5) is 5.69 Å². The molecule has 0 N–H and O–H groups in total. The first-order chi connectivity index (χ1) is 15.9. The number of aryl methyl sites for hydroxylation is 3. The summed E-state index contributed by atoms with van der Waals surface area (Å²) < 4.78 is 6.37. The molecule has 0 aromatic heterocycles. The molecule has 5 rings (SSSR count). The Labute approximate surface area is 197 Å². The Hall–Kier alpha value is -3.07. The van der Waals surface area contributed by atoms with Crippen molar-refractivity contribution in [2.24, 2.45) is 0 Å². The van der Waals surface area contributed by atoms with Crippen LogP contribution in [-0.2, 0) is 25.9 Å². The van der Waals surface area contributed by atoms with Crippen LogP contribution in [0.2, 0.25) is 0 Å². The molecule has 3 aromatic carbocycles. The first kappa shape index (κ1) is 21.8. The molecule has 0 spiro atoms. The van der Waals surface area contributed by atoms with Gasteiger partial charge in [0.2, 0.25) is 0 Å². The first-order valence-electron chi connectivity index (χ1n) is 12.1. The maximum atomic E-state index is 13.6. The Morgan fingerprint density at radius 1 is 0.939 bits per heavy atom. The molecule has 1 atom stereocenters. The molecule has 3 aromatic rings. The number of ether oxygens (including phenoxy) is 1. The number of nitrogens with zero attached hydrogens (tertiary/aromatic N) is 1. The molecule has 0 aliphatic carbocycles. The minimum atomic E-state index is 0.129. The second-order valence-corrected chi connectivity index (χ2v) is 9.69. The molecule has 170 valence electrons. The van der Waals surface area contributed by atoms with Gasteiger partial charge in [0.25, 0.3) is 5.91 Å². The molecule has 2 aliphatic heterocycles. The van der Waals surface area contributed by atoms with Crippen LogP contribution in [0.5, 0.6) is 5.75 Å². The highest BCUT2D eigenvalue weighted by Gasteiger charge is 2.37. The summed E-state index contributed by atoms with van der Waals surface area (Å²) in [5.41, 5.74) is 12.0. The van der Waals surface area contributed by atoms with Crippen molar-refractivity contribution in [3.63, 3.8) is 0 Å². The number of para-hydroxylation sites is 1. The number of benzene rings is 3. The van der Waals surface area contributed by atoms with Crippen molar-refractivity contribution < 1.29 is 9.53 Å². The lowest BCUT2D eigenvalue weighted by molar-refractivity contribution is 0.0981. The Kier molecular flexibility index (Phi) is 5.52. The van der Waals surface area contributed by atoms with Crippen LogP contribution in [0.25, 0.3) is 0 Å². The van der Waals surface area contributed by atoms with Gasteiger partial charge in [0, 0.05) is 17.3 Å². The van der Waals surface area contributed by atoms with E-state index in [1.54, 1.807) is 0 Å². The summed E-state index contributed by atoms with van der Waals surface area (Å²) in [5.74, 6) is 1.02. The van der Waals surface area contributed by atoms with Gasteiger partial charge in [0.05, 0.1) is 0 Å². The van der Waals surface area contributed by atoms with Gasteiger partial charge in [-0.05, 0) is 116 Å². The lowest BCUT2D eigenvalue weighted by Gasteiger charge is -2.23. The third kappa shape index (κ3) is 3.64. The van der Waals surface area contributed by atoms with Crippen molar-refractivity contribution in [1.29, 1.82) is 0 Å². The first-order valence-corrected chi connectivity index (χ1v) is 12.1. The molecule has 2 heterocycles. The van der Waals surface area contributed by atoms with Crippen LogP contribution in [0.3, 0.4) is 0 Å². The predicted octanol–water partition coefficient (Wildman–Crippen LogP) is 6.58. The number of rotatable bonds is 4. The van der Waals surface area contributed by atoms with E-state index in [9.17, 15) is 4.79 Å². The zero-order chi connectivity index (χ0) is 23.3. The SMILES string of the molecule is CCc1cc(COc2cc3c(cc2C)C(=O)N2c4ccccc4C[C@H]2CC3)c(C)c(C)c1C. The van der Waals surface area contributed by atoms with E-state index in [4.69, 9.17) is 4.74 Å². The summed E-state index contributed by atoms with van der Waals surface area (Å²) >= 11 is 0. The van der Waals surface area contributed by atoms with Crippen LogP contribution in [0.15, 0.2) is 42.5 Å². The Balaban J connectivity index is 1.44. The number of hydrogen-bond acceptors (Lipinski definition) is 2. The average Bonchev–Trinajstić information content (AvgIpc) is 3.13. The number of amides is 1. The van der Waals surface area contributed by atoms with Gasteiger partial charge in [-0.2, -0.15) is 0 Å². The van der Waals surface area contributed by atoms with E-state index in [-0.39, 0.29) is 11.9 Å². The van der Waals surface area contributed by atoms with Gasteiger partial charge < -0.3 is 9.64 Å². The van der Waals surface area contributed by atoms with E-state index < -0.39 is 0 Å². The monoisotopic (exact) mass is 439 g/mol. The molecule has 0 saturated carbocycles. The van der Waals surface area contributed by atoms with E-state index in [1.807, 2.05) is 24.0 Å². The summed E-state index contributed by atoms with van der Waals surface area (Å²) in [4.78, 5) is 15.6. The van der Waals surface area contributed by atoms with Crippen molar-refractivity contribution in [2.75, 3.05) is 4.90 Å². The molecule has 33 heavy (non-hydrogen) atoms. The highest BCUT2D eigenvalue weighted by Crippen LogP contribution is 2.39. The van der Waals surface area contributed by atoms with Gasteiger partial charge in [-0.15, -0.1) is 0 Å².